The minimum absolute atomic E-state index is 0.00988. The van der Waals surface area contributed by atoms with E-state index in [2.05, 4.69) is 34.6 Å². The molecule has 3 aromatic rings. The molecular weight excluding hydrogens is 422 g/mol. The number of nitrogens with zero attached hydrogens (tertiary/aromatic N) is 2. The molecule has 2 N–H and O–H groups in total. The lowest BCUT2D eigenvalue weighted by Gasteiger charge is -2.17. The summed E-state index contributed by atoms with van der Waals surface area (Å²) in [5.41, 5.74) is 5.21. The maximum Gasteiger partial charge on any atom is 0.166 e. The highest BCUT2D eigenvalue weighted by Gasteiger charge is 2.26. The van der Waals surface area contributed by atoms with Gasteiger partial charge in [-0.2, -0.15) is 5.26 Å². The van der Waals surface area contributed by atoms with Gasteiger partial charge in [-0.1, -0.05) is 18.2 Å². The summed E-state index contributed by atoms with van der Waals surface area (Å²) in [5.74, 6) is 0.598. The van der Waals surface area contributed by atoms with Crippen LogP contribution in [0.5, 0.6) is 5.75 Å². The first-order valence-corrected chi connectivity index (χ1v) is 11.5. The third-order valence-electron chi connectivity index (χ3n) is 5.56. The minimum Gasteiger partial charge on any atom is -0.490 e. The molecule has 4 rings (SSSR count). The summed E-state index contributed by atoms with van der Waals surface area (Å²) in [6.07, 6.45) is 3.07. The molecule has 1 aliphatic rings. The fourth-order valence-electron chi connectivity index (χ4n) is 4.06. The summed E-state index contributed by atoms with van der Waals surface area (Å²) in [6.45, 7) is 4.29. The van der Waals surface area contributed by atoms with Gasteiger partial charge in [0.05, 0.1) is 16.5 Å². The molecule has 0 saturated carbocycles. The van der Waals surface area contributed by atoms with Crippen LogP contribution in [0.4, 0.5) is 0 Å². The molecule has 0 bridgehead atoms. The molecule has 0 aliphatic heterocycles. The molecule has 2 atom stereocenters. The topological polar surface area (TPSA) is 87.4 Å². The first-order chi connectivity index (χ1) is 15.5. The van der Waals surface area contributed by atoms with E-state index in [0.717, 1.165) is 28.3 Å². The molecule has 2 aromatic carbocycles. The molecule has 0 fully saturated rings. The lowest BCUT2D eigenvalue weighted by atomic mass is 10.0. The van der Waals surface area contributed by atoms with Crippen molar-refractivity contribution in [3.05, 3.63) is 59.3 Å². The van der Waals surface area contributed by atoms with Crippen LogP contribution in [0, 0.1) is 11.3 Å². The number of aliphatic hydroxyl groups excluding tert-OH is 1. The Bertz CT molecular complexity index is 1140. The number of ether oxygens (including phenoxy) is 2. The van der Waals surface area contributed by atoms with Crippen LogP contribution in [0.1, 0.15) is 43.0 Å². The molecule has 0 spiro atoms. The van der Waals surface area contributed by atoms with E-state index < -0.39 is 6.29 Å². The van der Waals surface area contributed by atoms with E-state index in [-0.39, 0.29) is 12.1 Å². The van der Waals surface area contributed by atoms with Crippen LogP contribution in [0.25, 0.3) is 21.0 Å². The van der Waals surface area contributed by atoms with Crippen molar-refractivity contribution in [3.63, 3.8) is 0 Å². The molecule has 166 valence electrons. The second-order valence-electron chi connectivity index (χ2n) is 8.08. The number of fused-ring (bicyclic) bond motifs is 1. The molecule has 0 radical (unpaired) electrons. The van der Waals surface area contributed by atoms with Crippen LogP contribution in [-0.2, 0) is 11.2 Å². The average molecular weight is 450 g/mol. The quantitative estimate of drug-likeness (QED) is 0.486. The van der Waals surface area contributed by atoms with Gasteiger partial charge < -0.3 is 19.9 Å². The Hall–Kier alpha value is -2.76. The van der Waals surface area contributed by atoms with Gasteiger partial charge in [0.1, 0.15) is 16.8 Å². The second-order valence-corrected chi connectivity index (χ2v) is 9.11. The monoisotopic (exact) mass is 449 g/mol. The van der Waals surface area contributed by atoms with E-state index in [0.29, 0.717) is 17.9 Å². The van der Waals surface area contributed by atoms with Crippen LogP contribution >= 0.6 is 11.3 Å². The van der Waals surface area contributed by atoms with Crippen LogP contribution in [-0.4, -0.2) is 36.1 Å². The predicted octanol–water partition coefficient (Wildman–Crippen LogP) is 4.68. The van der Waals surface area contributed by atoms with Gasteiger partial charge >= 0.3 is 0 Å². The summed E-state index contributed by atoms with van der Waals surface area (Å²) < 4.78 is 10.7. The Kier molecular flexibility index (Phi) is 6.87. The Morgan fingerprint density at radius 2 is 2.16 bits per heavy atom. The summed E-state index contributed by atoms with van der Waals surface area (Å²) >= 11 is 1.63. The van der Waals surface area contributed by atoms with Crippen molar-refractivity contribution >= 4 is 11.3 Å². The summed E-state index contributed by atoms with van der Waals surface area (Å²) in [4.78, 5) is 5.75. The zero-order chi connectivity index (χ0) is 22.7. The van der Waals surface area contributed by atoms with E-state index in [1.54, 1.807) is 11.3 Å². The third kappa shape index (κ3) is 4.69. The number of benzene rings is 2. The van der Waals surface area contributed by atoms with Crippen LogP contribution in [0.2, 0.25) is 0 Å². The second kappa shape index (κ2) is 9.80. The molecule has 1 aliphatic carbocycles. The molecule has 32 heavy (non-hydrogen) atoms. The Morgan fingerprint density at radius 1 is 1.31 bits per heavy atom. The standard InChI is InChI=1S/C25H27N3O3S/c1-15(2)31-22-10-7-16(11-17(22)12-26)25-28-13-23(32-25)20-6-4-5-19-18(20)8-9-21(19)27-14-24(29)30-3/h4-7,10-11,13,15,21,24,27,29H,8-9,14H2,1-3H3. The summed E-state index contributed by atoms with van der Waals surface area (Å²) in [5, 5.41) is 23.5. The molecule has 1 aromatic heterocycles. The maximum absolute atomic E-state index is 9.69. The van der Waals surface area contributed by atoms with Crippen molar-refractivity contribution in [1.29, 1.82) is 5.26 Å². The number of hydrogen-bond donors (Lipinski definition) is 2. The largest absolute Gasteiger partial charge is 0.490 e. The van der Waals surface area contributed by atoms with Gasteiger partial charge in [-0.25, -0.2) is 4.98 Å². The van der Waals surface area contributed by atoms with Gasteiger partial charge in [0.2, 0.25) is 0 Å². The number of aromatic nitrogens is 1. The summed E-state index contributed by atoms with van der Waals surface area (Å²) in [7, 11) is 1.50. The summed E-state index contributed by atoms with van der Waals surface area (Å²) in [6, 6.07) is 14.4. The smallest absolute Gasteiger partial charge is 0.166 e. The molecule has 6 nitrogen and oxygen atoms in total. The van der Waals surface area contributed by atoms with Gasteiger partial charge in [0, 0.05) is 31.5 Å². The number of nitriles is 1. The molecule has 1 heterocycles. The maximum atomic E-state index is 9.69. The fraction of sp³-hybridized carbons (Fsp3) is 0.360. The SMILES string of the molecule is COC(O)CNC1CCc2c(-c3cnc(-c4ccc(OC(C)C)c(C#N)c4)s3)cccc21. The highest BCUT2D eigenvalue weighted by Crippen LogP contribution is 2.41. The third-order valence-corrected chi connectivity index (χ3v) is 6.64. The lowest BCUT2D eigenvalue weighted by molar-refractivity contribution is -0.0721. The zero-order valence-corrected chi connectivity index (χ0v) is 19.3. The van der Waals surface area contributed by atoms with Crippen molar-refractivity contribution in [2.75, 3.05) is 13.7 Å². The number of hydrogen-bond acceptors (Lipinski definition) is 7. The highest BCUT2D eigenvalue weighted by molar-refractivity contribution is 7.18. The number of thiazole rings is 1. The van der Waals surface area contributed by atoms with Crippen molar-refractivity contribution in [1.82, 2.24) is 10.3 Å². The van der Waals surface area contributed by atoms with Crippen LogP contribution < -0.4 is 10.1 Å². The van der Waals surface area contributed by atoms with E-state index in [1.807, 2.05) is 38.2 Å². The number of nitrogens with one attached hydrogen (secondary N) is 1. The normalized spacial score (nSPS) is 16.1. The first-order valence-electron chi connectivity index (χ1n) is 10.7. The Balaban J connectivity index is 1.59. The van der Waals surface area contributed by atoms with Gasteiger partial charge in [-0.3, -0.25) is 0 Å². The van der Waals surface area contributed by atoms with Gasteiger partial charge in [0.25, 0.3) is 0 Å². The van der Waals surface area contributed by atoms with Crippen LogP contribution in [0.3, 0.4) is 0 Å². The first kappa shape index (κ1) is 22.4. The van der Waals surface area contributed by atoms with Gasteiger partial charge in [-0.05, 0) is 61.6 Å². The lowest BCUT2D eigenvalue weighted by Crippen LogP contribution is -2.30. The molecule has 2 unspecified atom stereocenters. The molecular formula is C25H27N3O3S. The fourth-order valence-corrected chi connectivity index (χ4v) is 5.03. The minimum atomic E-state index is -0.804. The van der Waals surface area contributed by atoms with Gasteiger partial charge in [-0.15, -0.1) is 11.3 Å². The van der Waals surface area contributed by atoms with Gasteiger partial charge in [0.15, 0.2) is 6.29 Å². The number of aliphatic hydroxyl groups is 1. The van der Waals surface area contributed by atoms with E-state index >= 15 is 0 Å². The highest BCUT2D eigenvalue weighted by atomic mass is 32.1. The Morgan fingerprint density at radius 3 is 2.91 bits per heavy atom. The number of methoxy groups -OCH3 is 1. The van der Waals surface area contributed by atoms with E-state index in [9.17, 15) is 10.4 Å². The zero-order valence-electron chi connectivity index (χ0n) is 18.5. The predicted molar refractivity (Wildman–Crippen MR) is 126 cm³/mol. The van der Waals surface area contributed by atoms with Crippen molar-refractivity contribution < 1.29 is 14.6 Å². The molecule has 7 heteroatoms. The average Bonchev–Trinajstić information content (AvgIpc) is 3.44. The molecule has 0 saturated heterocycles. The number of rotatable bonds is 8. The van der Waals surface area contributed by atoms with E-state index in [4.69, 9.17) is 9.47 Å². The molecule has 0 amide bonds. The Labute approximate surface area is 192 Å². The van der Waals surface area contributed by atoms with Crippen molar-refractivity contribution in [2.45, 2.75) is 45.1 Å². The van der Waals surface area contributed by atoms with Crippen molar-refractivity contribution in [2.24, 2.45) is 0 Å². The van der Waals surface area contributed by atoms with Crippen LogP contribution in [0.15, 0.2) is 42.6 Å². The van der Waals surface area contributed by atoms with E-state index in [1.165, 1.54) is 23.8 Å². The van der Waals surface area contributed by atoms with Crippen molar-refractivity contribution in [3.8, 4) is 32.8 Å².